The minimum absolute atomic E-state index is 0.0893. The number of ether oxygens (including phenoxy) is 1. The molecule has 1 amide bonds. The molecule has 156 valence electrons. The smallest absolute Gasteiger partial charge is 0.225 e. The number of fused-ring (bicyclic) bond motifs is 1. The standard InChI is InChI=1S/C22H23FN4O2S/c23-17-3-1-2-16(14-17)18-4-5-19-20(24-18)30-22(25-19)27-8-6-15(7-9-27)21(28)26-10-12-29-13-11-26/h1-5,14-15H,6-13H2. The van der Waals surface area contributed by atoms with Crippen LogP contribution in [0.4, 0.5) is 9.52 Å². The lowest BCUT2D eigenvalue weighted by molar-refractivity contribution is -0.140. The minimum atomic E-state index is -0.270. The van der Waals surface area contributed by atoms with Crippen molar-refractivity contribution in [3.05, 3.63) is 42.2 Å². The van der Waals surface area contributed by atoms with Crippen LogP contribution in [-0.4, -0.2) is 60.2 Å². The van der Waals surface area contributed by atoms with E-state index >= 15 is 0 Å². The maximum Gasteiger partial charge on any atom is 0.225 e. The molecule has 0 radical (unpaired) electrons. The van der Waals surface area contributed by atoms with Crippen LogP contribution in [0.3, 0.4) is 0 Å². The van der Waals surface area contributed by atoms with Gasteiger partial charge < -0.3 is 14.5 Å². The lowest BCUT2D eigenvalue weighted by Crippen LogP contribution is -2.46. The van der Waals surface area contributed by atoms with Gasteiger partial charge in [0, 0.05) is 37.7 Å². The van der Waals surface area contributed by atoms with Crippen LogP contribution >= 0.6 is 11.3 Å². The molecule has 0 N–H and O–H groups in total. The average molecular weight is 427 g/mol. The molecule has 2 aliphatic rings. The second-order valence-electron chi connectivity index (χ2n) is 7.73. The van der Waals surface area contributed by atoms with Crippen molar-refractivity contribution in [3.63, 3.8) is 0 Å². The molecular formula is C22H23FN4O2S. The summed E-state index contributed by atoms with van der Waals surface area (Å²) in [4.78, 5) is 27.2. The second-order valence-corrected chi connectivity index (χ2v) is 8.68. The van der Waals surface area contributed by atoms with Crippen molar-refractivity contribution in [2.45, 2.75) is 12.8 Å². The number of piperidine rings is 1. The number of thiazole rings is 1. The number of rotatable bonds is 3. The Balaban J connectivity index is 1.28. The molecule has 2 saturated heterocycles. The number of pyridine rings is 1. The third kappa shape index (κ3) is 3.89. The van der Waals surface area contributed by atoms with Crippen LogP contribution in [0.5, 0.6) is 0 Å². The number of halogens is 1. The van der Waals surface area contributed by atoms with Gasteiger partial charge in [-0.25, -0.2) is 14.4 Å². The summed E-state index contributed by atoms with van der Waals surface area (Å²) in [5, 5.41) is 0.936. The van der Waals surface area contributed by atoms with E-state index in [1.807, 2.05) is 23.1 Å². The van der Waals surface area contributed by atoms with Gasteiger partial charge in [-0.2, -0.15) is 0 Å². The second kappa shape index (κ2) is 8.28. The topological polar surface area (TPSA) is 58.6 Å². The zero-order valence-corrected chi connectivity index (χ0v) is 17.4. The number of carbonyl (C=O) groups excluding carboxylic acids is 1. The molecule has 5 rings (SSSR count). The van der Waals surface area contributed by atoms with Crippen LogP contribution in [0.25, 0.3) is 21.6 Å². The highest BCUT2D eigenvalue weighted by Gasteiger charge is 2.30. The van der Waals surface area contributed by atoms with E-state index in [1.54, 1.807) is 17.4 Å². The van der Waals surface area contributed by atoms with Gasteiger partial charge >= 0.3 is 0 Å². The monoisotopic (exact) mass is 426 g/mol. The van der Waals surface area contributed by atoms with Crippen LogP contribution in [0.2, 0.25) is 0 Å². The van der Waals surface area contributed by atoms with Gasteiger partial charge in [-0.3, -0.25) is 4.79 Å². The van der Waals surface area contributed by atoms with Gasteiger partial charge in [0.2, 0.25) is 5.91 Å². The Morgan fingerprint density at radius 2 is 1.87 bits per heavy atom. The fourth-order valence-corrected chi connectivity index (χ4v) is 5.10. The van der Waals surface area contributed by atoms with Crippen molar-refractivity contribution in [3.8, 4) is 11.3 Å². The minimum Gasteiger partial charge on any atom is -0.378 e. The summed E-state index contributed by atoms with van der Waals surface area (Å²) in [5.41, 5.74) is 2.35. The first-order valence-corrected chi connectivity index (χ1v) is 11.1. The number of nitrogens with zero attached hydrogens (tertiary/aromatic N) is 4. The Labute approximate surface area is 178 Å². The molecule has 0 saturated carbocycles. The lowest BCUT2D eigenvalue weighted by Gasteiger charge is -2.35. The van der Waals surface area contributed by atoms with E-state index in [1.165, 1.54) is 12.1 Å². The Morgan fingerprint density at radius 1 is 1.07 bits per heavy atom. The number of morpholine rings is 1. The van der Waals surface area contributed by atoms with Gasteiger partial charge in [0.25, 0.3) is 0 Å². The largest absolute Gasteiger partial charge is 0.378 e. The molecule has 2 aliphatic heterocycles. The maximum atomic E-state index is 13.5. The first-order chi connectivity index (χ1) is 14.7. The molecule has 6 nitrogen and oxygen atoms in total. The Hall–Kier alpha value is -2.58. The molecule has 0 bridgehead atoms. The normalized spacial score (nSPS) is 18.2. The summed E-state index contributed by atoms with van der Waals surface area (Å²) in [7, 11) is 0. The molecule has 0 atom stereocenters. The van der Waals surface area contributed by atoms with Crippen molar-refractivity contribution in [2.75, 3.05) is 44.3 Å². The molecular weight excluding hydrogens is 403 g/mol. The fraction of sp³-hybridized carbons (Fsp3) is 0.409. The number of aromatic nitrogens is 2. The molecule has 3 aromatic rings. The van der Waals surface area contributed by atoms with E-state index in [0.29, 0.717) is 26.3 Å². The number of hydrogen-bond donors (Lipinski definition) is 0. The van der Waals surface area contributed by atoms with Crippen molar-refractivity contribution < 1.29 is 13.9 Å². The van der Waals surface area contributed by atoms with Gasteiger partial charge in [0.05, 0.1) is 18.9 Å². The molecule has 4 heterocycles. The van der Waals surface area contributed by atoms with Crippen LogP contribution in [0.15, 0.2) is 36.4 Å². The molecule has 8 heteroatoms. The van der Waals surface area contributed by atoms with Crippen LogP contribution in [0, 0.1) is 11.7 Å². The summed E-state index contributed by atoms with van der Waals surface area (Å²) in [6.07, 6.45) is 1.68. The highest BCUT2D eigenvalue weighted by Crippen LogP contribution is 2.32. The summed E-state index contributed by atoms with van der Waals surface area (Å²) in [5.74, 6) is 0.0870. The van der Waals surface area contributed by atoms with Crippen molar-refractivity contribution in [2.24, 2.45) is 5.92 Å². The molecule has 2 aromatic heterocycles. The predicted octanol–water partition coefficient (Wildman–Crippen LogP) is 3.57. The Kier molecular flexibility index (Phi) is 5.35. The summed E-state index contributed by atoms with van der Waals surface area (Å²) in [6.45, 7) is 4.32. The summed E-state index contributed by atoms with van der Waals surface area (Å²) < 4.78 is 18.9. The van der Waals surface area contributed by atoms with E-state index in [4.69, 9.17) is 14.7 Å². The average Bonchev–Trinajstić information content (AvgIpc) is 3.23. The van der Waals surface area contributed by atoms with Gasteiger partial charge in [0.1, 0.15) is 16.2 Å². The zero-order chi connectivity index (χ0) is 20.5. The summed E-state index contributed by atoms with van der Waals surface area (Å²) in [6, 6.07) is 10.3. The number of carbonyl (C=O) groups is 1. The molecule has 0 unspecified atom stereocenters. The number of amides is 1. The number of benzene rings is 1. The van der Waals surface area contributed by atoms with E-state index in [0.717, 1.165) is 52.7 Å². The Morgan fingerprint density at radius 3 is 2.63 bits per heavy atom. The highest BCUT2D eigenvalue weighted by atomic mass is 32.1. The van der Waals surface area contributed by atoms with Gasteiger partial charge in [-0.05, 0) is 37.1 Å². The SMILES string of the molecule is O=C(C1CCN(c2nc3ccc(-c4cccc(F)c4)nc3s2)CC1)N1CCOCC1. The fourth-order valence-electron chi connectivity index (χ4n) is 4.11. The van der Waals surface area contributed by atoms with E-state index in [2.05, 4.69) is 4.90 Å². The number of anilines is 1. The van der Waals surface area contributed by atoms with Crippen molar-refractivity contribution in [1.29, 1.82) is 0 Å². The number of hydrogen-bond acceptors (Lipinski definition) is 6. The highest BCUT2D eigenvalue weighted by molar-refractivity contribution is 7.21. The van der Waals surface area contributed by atoms with Gasteiger partial charge in [0.15, 0.2) is 5.13 Å². The zero-order valence-electron chi connectivity index (χ0n) is 16.6. The van der Waals surface area contributed by atoms with E-state index in [-0.39, 0.29) is 17.6 Å². The summed E-state index contributed by atoms with van der Waals surface area (Å²) >= 11 is 1.55. The van der Waals surface area contributed by atoms with E-state index < -0.39 is 0 Å². The molecule has 30 heavy (non-hydrogen) atoms. The van der Waals surface area contributed by atoms with Crippen LogP contribution < -0.4 is 4.90 Å². The van der Waals surface area contributed by atoms with Gasteiger partial charge in [-0.15, -0.1) is 0 Å². The first kappa shape index (κ1) is 19.4. The van der Waals surface area contributed by atoms with Crippen LogP contribution in [0.1, 0.15) is 12.8 Å². The lowest BCUT2D eigenvalue weighted by atomic mass is 9.95. The van der Waals surface area contributed by atoms with Crippen LogP contribution in [-0.2, 0) is 9.53 Å². The maximum absolute atomic E-state index is 13.5. The third-order valence-corrected chi connectivity index (χ3v) is 6.83. The molecule has 0 aliphatic carbocycles. The van der Waals surface area contributed by atoms with Gasteiger partial charge in [-0.1, -0.05) is 23.5 Å². The third-order valence-electron chi connectivity index (χ3n) is 5.80. The first-order valence-electron chi connectivity index (χ1n) is 10.3. The van der Waals surface area contributed by atoms with Crippen molar-refractivity contribution in [1.82, 2.24) is 14.9 Å². The van der Waals surface area contributed by atoms with Crippen molar-refractivity contribution >= 4 is 32.7 Å². The van der Waals surface area contributed by atoms with E-state index in [9.17, 15) is 9.18 Å². The predicted molar refractivity (Wildman–Crippen MR) is 115 cm³/mol. The molecule has 0 spiro atoms. The quantitative estimate of drug-likeness (QED) is 0.641. The molecule has 2 fully saturated rings. The Bertz CT molecular complexity index is 1060. The molecule has 1 aromatic carbocycles.